The van der Waals surface area contributed by atoms with Crippen molar-refractivity contribution < 1.29 is 22.8 Å². The highest BCUT2D eigenvalue weighted by molar-refractivity contribution is 6.30. The van der Waals surface area contributed by atoms with Crippen LogP contribution in [0, 0.1) is 0 Å². The van der Waals surface area contributed by atoms with E-state index in [2.05, 4.69) is 10.6 Å². The van der Waals surface area contributed by atoms with Crippen LogP contribution in [0.1, 0.15) is 34.5 Å². The Balaban J connectivity index is 1.77. The molecule has 1 atom stereocenters. The van der Waals surface area contributed by atoms with Crippen LogP contribution in [0.5, 0.6) is 0 Å². The summed E-state index contributed by atoms with van der Waals surface area (Å²) in [5.74, 6) is -1.26. The SMILES string of the molecule is CC(NC(=O)c1ccccc1NC(=O)Cn1cc(C(F)(F)F)cc(Cl)c1=O)c1ccccc1. The van der Waals surface area contributed by atoms with Crippen LogP contribution >= 0.6 is 11.6 Å². The molecule has 1 aromatic heterocycles. The number of benzene rings is 2. The van der Waals surface area contributed by atoms with E-state index < -0.39 is 40.7 Å². The summed E-state index contributed by atoms with van der Waals surface area (Å²) in [4.78, 5) is 37.4. The fourth-order valence-electron chi connectivity index (χ4n) is 3.11. The molecule has 3 rings (SSSR count). The first kappa shape index (κ1) is 24.1. The number of halogens is 4. The molecule has 0 bridgehead atoms. The molecule has 0 spiro atoms. The molecule has 3 aromatic rings. The summed E-state index contributed by atoms with van der Waals surface area (Å²) in [5, 5.41) is 4.64. The summed E-state index contributed by atoms with van der Waals surface area (Å²) >= 11 is 5.62. The van der Waals surface area contributed by atoms with Gasteiger partial charge in [0.25, 0.3) is 11.5 Å². The number of nitrogens with one attached hydrogen (secondary N) is 2. The molecule has 0 radical (unpaired) electrons. The molecule has 172 valence electrons. The first-order valence-electron chi connectivity index (χ1n) is 9.78. The van der Waals surface area contributed by atoms with Gasteiger partial charge >= 0.3 is 6.18 Å². The van der Waals surface area contributed by atoms with Gasteiger partial charge in [-0.05, 0) is 30.7 Å². The topological polar surface area (TPSA) is 80.2 Å². The predicted octanol–water partition coefficient (Wildman–Crippen LogP) is 4.65. The van der Waals surface area contributed by atoms with E-state index in [1.165, 1.54) is 12.1 Å². The fraction of sp³-hybridized carbons (Fsp3) is 0.174. The summed E-state index contributed by atoms with van der Waals surface area (Å²) in [6.07, 6.45) is -4.22. The number of hydrogen-bond acceptors (Lipinski definition) is 3. The smallest absolute Gasteiger partial charge is 0.345 e. The first-order chi connectivity index (χ1) is 15.6. The van der Waals surface area contributed by atoms with Gasteiger partial charge in [-0.15, -0.1) is 0 Å². The van der Waals surface area contributed by atoms with Crippen LogP contribution in [0.4, 0.5) is 18.9 Å². The highest BCUT2D eigenvalue weighted by atomic mass is 35.5. The minimum absolute atomic E-state index is 0.145. The van der Waals surface area contributed by atoms with E-state index in [4.69, 9.17) is 11.6 Å². The standard InChI is InChI=1S/C23H19ClF3N3O3/c1-14(15-7-3-2-4-8-15)28-21(32)17-9-5-6-10-19(17)29-20(31)13-30-12-16(23(25,26)27)11-18(24)22(30)33/h2-12,14H,13H2,1H3,(H,28,32)(H,29,31). The Morgan fingerprint density at radius 1 is 1.06 bits per heavy atom. The van der Waals surface area contributed by atoms with Crippen LogP contribution in [0.15, 0.2) is 71.7 Å². The number of anilines is 1. The zero-order valence-corrected chi connectivity index (χ0v) is 18.1. The Labute approximate surface area is 192 Å². The molecule has 0 fully saturated rings. The summed E-state index contributed by atoms with van der Waals surface area (Å²) in [6.45, 7) is 1.08. The quantitative estimate of drug-likeness (QED) is 0.542. The van der Waals surface area contributed by atoms with Gasteiger partial charge in [0.15, 0.2) is 0 Å². The number of aromatic nitrogens is 1. The second-order valence-electron chi connectivity index (χ2n) is 7.21. The normalized spacial score (nSPS) is 12.2. The van der Waals surface area contributed by atoms with E-state index in [0.717, 1.165) is 5.56 Å². The van der Waals surface area contributed by atoms with Gasteiger partial charge in [-0.2, -0.15) is 13.2 Å². The third-order valence-corrected chi connectivity index (χ3v) is 5.05. The van der Waals surface area contributed by atoms with Crippen molar-refractivity contribution in [2.75, 3.05) is 5.32 Å². The molecule has 2 aromatic carbocycles. The lowest BCUT2D eigenvalue weighted by Gasteiger charge is -2.17. The lowest BCUT2D eigenvalue weighted by Crippen LogP contribution is -2.30. The number of pyridine rings is 1. The van der Waals surface area contributed by atoms with Gasteiger partial charge in [-0.1, -0.05) is 54.1 Å². The summed E-state index contributed by atoms with van der Waals surface area (Å²) < 4.78 is 39.6. The van der Waals surface area contributed by atoms with Crippen molar-refractivity contribution in [2.24, 2.45) is 0 Å². The van der Waals surface area contributed by atoms with Crippen molar-refractivity contribution in [1.29, 1.82) is 0 Å². The third-order valence-electron chi connectivity index (χ3n) is 4.78. The van der Waals surface area contributed by atoms with Crippen LogP contribution in [-0.4, -0.2) is 16.4 Å². The average molecular weight is 478 g/mol. The average Bonchev–Trinajstić information content (AvgIpc) is 2.77. The number of alkyl halides is 3. The number of hydrogen-bond donors (Lipinski definition) is 2. The fourth-order valence-corrected chi connectivity index (χ4v) is 3.33. The maximum atomic E-state index is 13.0. The zero-order chi connectivity index (χ0) is 24.2. The Morgan fingerprint density at radius 2 is 1.70 bits per heavy atom. The van der Waals surface area contributed by atoms with Gasteiger partial charge in [0.1, 0.15) is 11.6 Å². The Bertz CT molecular complexity index is 1230. The number of carbonyl (C=O) groups is 2. The molecule has 2 N–H and O–H groups in total. The van der Waals surface area contributed by atoms with E-state index in [1.807, 2.05) is 30.3 Å². The van der Waals surface area contributed by atoms with Crippen LogP contribution in [-0.2, 0) is 17.5 Å². The van der Waals surface area contributed by atoms with Crippen molar-refractivity contribution in [2.45, 2.75) is 25.7 Å². The first-order valence-corrected chi connectivity index (χ1v) is 10.2. The molecule has 1 heterocycles. The number of rotatable bonds is 6. The van der Waals surface area contributed by atoms with Crippen molar-refractivity contribution in [3.8, 4) is 0 Å². The highest BCUT2D eigenvalue weighted by Crippen LogP contribution is 2.29. The zero-order valence-electron chi connectivity index (χ0n) is 17.3. The Hall–Kier alpha value is -3.59. The van der Waals surface area contributed by atoms with E-state index >= 15 is 0 Å². The van der Waals surface area contributed by atoms with E-state index in [9.17, 15) is 27.6 Å². The largest absolute Gasteiger partial charge is 0.417 e. The van der Waals surface area contributed by atoms with Crippen LogP contribution < -0.4 is 16.2 Å². The number of carbonyl (C=O) groups excluding carboxylic acids is 2. The van der Waals surface area contributed by atoms with Crippen molar-refractivity contribution in [3.63, 3.8) is 0 Å². The van der Waals surface area contributed by atoms with Crippen molar-refractivity contribution in [1.82, 2.24) is 9.88 Å². The molecule has 1 unspecified atom stereocenters. The second-order valence-corrected chi connectivity index (χ2v) is 7.61. The molecule has 0 saturated heterocycles. The number of para-hydroxylation sites is 1. The molecule has 6 nitrogen and oxygen atoms in total. The van der Waals surface area contributed by atoms with Gasteiger partial charge < -0.3 is 15.2 Å². The lowest BCUT2D eigenvalue weighted by molar-refractivity contribution is -0.138. The molecule has 0 saturated carbocycles. The van der Waals surface area contributed by atoms with Gasteiger partial charge in [-0.3, -0.25) is 14.4 Å². The van der Waals surface area contributed by atoms with Crippen LogP contribution in [0.3, 0.4) is 0 Å². The minimum Gasteiger partial charge on any atom is -0.345 e. The summed E-state index contributed by atoms with van der Waals surface area (Å²) in [6, 6.07) is 15.6. The molecular formula is C23H19ClF3N3O3. The molecule has 0 aliphatic carbocycles. The van der Waals surface area contributed by atoms with E-state index in [-0.39, 0.29) is 17.3 Å². The lowest BCUT2D eigenvalue weighted by atomic mass is 10.1. The summed E-state index contributed by atoms with van der Waals surface area (Å²) in [7, 11) is 0. The molecule has 0 aliphatic heterocycles. The summed E-state index contributed by atoms with van der Waals surface area (Å²) in [5.41, 5.74) is -0.917. The van der Waals surface area contributed by atoms with E-state index in [0.29, 0.717) is 16.8 Å². The van der Waals surface area contributed by atoms with Crippen LogP contribution in [0.2, 0.25) is 5.02 Å². The van der Waals surface area contributed by atoms with E-state index in [1.54, 1.807) is 19.1 Å². The third kappa shape index (κ3) is 6.01. The molecule has 33 heavy (non-hydrogen) atoms. The molecule has 2 amide bonds. The number of amides is 2. The monoisotopic (exact) mass is 477 g/mol. The minimum atomic E-state index is -4.74. The second kappa shape index (κ2) is 9.91. The van der Waals surface area contributed by atoms with Crippen molar-refractivity contribution >= 4 is 29.1 Å². The van der Waals surface area contributed by atoms with Gasteiger partial charge in [0, 0.05) is 6.20 Å². The van der Waals surface area contributed by atoms with Crippen LogP contribution in [0.25, 0.3) is 0 Å². The highest BCUT2D eigenvalue weighted by Gasteiger charge is 2.32. The number of nitrogens with zero attached hydrogens (tertiary/aromatic N) is 1. The maximum Gasteiger partial charge on any atom is 0.417 e. The van der Waals surface area contributed by atoms with Gasteiger partial charge in [0.05, 0.1) is 22.9 Å². The van der Waals surface area contributed by atoms with Crippen molar-refractivity contribution in [3.05, 3.63) is 98.9 Å². The Kier molecular flexibility index (Phi) is 7.23. The Morgan fingerprint density at radius 3 is 2.36 bits per heavy atom. The molecule has 10 heteroatoms. The molecular weight excluding hydrogens is 459 g/mol. The maximum absolute atomic E-state index is 13.0. The van der Waals surface area contributed by atoms with Gasteiger partial charge in [0.2, 0.25) is 5.91 Å². The molecule has 0 aliphatic rings. The van der Waals surface area contributed by atoms with Gasteiger partial charge in [-0.25, -0.2) is 0 Å². The predicted molar refractivity (Wildman–Crippen MR) is 118 cm³/mol.